The minimum atomic E-state index is -0.583. The van der Waals surface area contributed by atoms with Crippen LogP contribution in [-0.2, 0) is 6.42 Å². The Morgan fingerprint density at radius 3 is 2.61 bits per heavy atom. The molecule has 0 fully saturated rings. The summed E-state index contributed by atoms with van der Waals surface area (Å²) in [4.78, 5) is 0.904. The lowest BCUT2D eigenvalue weighted by Crippen LogP contribution is -2.12. The quantitative estimate of drug-likeness (QED) is 0.898. The molecule has 0 saturated heterocycles. The van der Waals surface area contributed by atoms with Gasteiger partial charge in [-0.2, -0.15) is 0 Å². The van der Waals surface area contributed by atoms with Crippen LogP contribution in [0.3, 0.4) is 0 Å². The molecule has 1 aromatic heterocycles. The van der Waals surface area contributed by atoms with Gasteiger partial charge in [-0.1, -0.05) is 17.7 Å². The van der Waals surface area contributed by atoms with Crippen LogP contribution in [0.15, 0.2) is 24.3 Å². The molecule has 0 spiro atoms. The standard InChI is InChI=1S/C13H12ClF2NS/c1-7-4-12(18-13(7)14)11(17)5-8-2-3-9(15)6-10(8)16/h2-4,6,11H,5,17H2,1H3. The van der Waals surface area contributed by atoms with Gasteiger partial charge in [-0.15, -0.1) is 11.3 Å². The van der Waals surface area contributed by atoms with Crippen molar-refractivity contribution in [3.63, 3.8) is 0 Å². The van der Waals surface area contributed by atoms with Crippen LogP contribution in [0.4, 0.5) is 8.78 Å². The predicted molar refractivity (Wildman–Crippen MR) is 71.1 cm³/mol. The lowest BCUT2D eigenvalue weighted by Gasteiger charge is -2.10. The summed E-state index contributed by atoms with van der Waals surface area (Å²) < 4.78 is 27.0. The van der Waals surface area contributed by atoms with Crippen LogP contribution in [0.25, 0.3) is 0 Å². The first kappa shape index (κ1) is 13.5. The Balaban J connectivity index is 2.18. The summed E-state index contributed by atoms with van der Waals surface area (Å²) in [6.07, 6.45) is 0.322. The molecule has 2 rings (SSSR count). The Morgan fingerprint density at radius 1 is 1.33 bits per heavy atom. The van der Waals surface area contributed by atoms with Gasteiger partial charge >= 0.3 is 0 Å². The highest BCUT2D eigenvalue weighted by Crippen LogP contribution is 2.31. The molecule has 18 heavy (non-hydrogen) atoms. The van der Waals surface area contributed by atoms with Crippen LogP contribution in [0.1, 0.15) is 22.0 Å². The molecule has 0 radical (unpaired) electrons. The van der Waals surface area contributed by atoms with Crippen LogP contribution in [0.5, 0.6) is 0 Å². The Kier molecular flexibility index (Phi) is 4.00. The Morgan fingerprint density at radius 2 is 2.06 bits per heavy atom. The zero-order valence-electron chi connectivity index (χ0n) is 9.71. The highest BCUT2D eigenvalue weighted by Gasteiger charge is 2.14. The Bertz CT molecular complexity index is 549. The number of hydrogen-bond donors (Lipinski definition) is 1. The fraction of sp³-hybridized carbons (Fsp3) is 0.231. The third-order valence-electron chi connectivity index (χ3n) is 2.70. The summed E-state index contributed by atoms with van der Waals surface area (Å²) in [5.74, 6) is -1.15. The van der Waals surface area contributed by atoms with Gasteiger partial charge in [0.15, 0.2) is 0 Å². The molecule has 5 heteroatoms. The Hall–Kier alpha value is -0.970. The van der Waals surface area contributed by atoms with Crippen molar-refractivity contribution in [1.29, 1.82) is 0 Å². The molecular weight excluding hydrogens is 276 g/mol. The largest absolute Gasteiger partial charge is 0.323 e. The van der Waals surface area contributed by atoms with Crippen molar-refractivity contribution in [2.24, 2.45) is 5.73 Å². The third kappa shape index (κ3) is 2.88. The normalized spacial score (nSPS) is 12.7. The summed E-state index contributed by atoms with van der Waals surface area (Å²) in [7, 11) is 0. The maximum atomic E-state index is 13.5. The topological polar surface area (TPSA) is 26.0 Å². The molecule has 2 N–H and O–H groups in total. The van der Waals surface area contributed by atoms with Gasteiger partial charge in [0.25, 0.3) is 0 Å². The van der Waals surface area contributed by atoms with E-state index in [9.17, 15) is 8.78 Å². The van der Waals surface area contributed by atoms with E-state index in [-0.39, 0.29) is 6.04 Å². The smallest absolute Gasteiger partial charge is 0.129 e. The lowest BCUT2D eigenvalue weighted by atomic mass is 10.0. The first-order valence-corrected chi connectivity index (χ1v) is 6.62. The number of rotatable bonds is 3. The van der Waals surface area contributed by atoms with Crippen molar-refractivity contribution in [3.05, 3.63) is 56.2 Å². The molecule has 0 aliphatic rings. The molecule has 1 unspecified atom stereocenters. The van der Waals surface area contributed by atoms with E-state index in [1.54, 1.807) is 0 Å². The average Bonchev–Trinajstić information content (AvgIpc) is 2.63. The summed E-state index contributed by atoms with van der Waals surface area (Å²) in [6, 6.07) is 5.10. The highest BCUT2D eigenvalue weighted by molar-refractivity contribution is 7.16. The van der Waals surface area contributed by atoms with Gasteiger partial charge in [-0.3, -0.25) is 0 Å². The van der Waals surface area contributed by atoms with Crippen molar-refractivity contribution >= 4 is 22.9 Å². The summed E-state index contributed by atoms with van der Waals surface area (Å²) >= 11 is 7.36. The molecule has 0 aliphatic heterocycles. The fourth-order valence-corrected chi connectivity index (χ4v) is 2.91. The van der Waals surface area contributed by atoms with E-state index in [0.717, 1.165) is 16.5 Å². The van der Waals surface area contributed by atoms with Crippen LogP contribution in [0, 0.1) is 18.6 Å². The van der Waals surface area contributed by atoms with E-state index >= 15 is 0 Å². The van der Waals surface area contributed by atoms with E-state index in [1.165, 1.54) is 23.5 Å². The molecule has 0 bridgehead atoms. The second-order valence-corrected chi connectivity index (χ2v) is 5.84. The second-order valence-electron chi connectivity index (χ2n) is 4.15. The van der Waals surface area contributed by atoms with Gasteiger partial charge in [-0.05, 0) is 36.6 Å². The predicted octanol–water partition coefficient (Wildman–Crippen LogP) is 4.23. The Labute approximate surface area is 113 Å². The molecule has 1 nitrogen and oxygen atoms in total. The molecule has 1 aromatic carbocycles. The summed E-state index contributed by atoms with van der Waals surface area (Å²) in [5.41, 5.74) is 7.38. The second kappa shape index (κ2) is 5.34. The molecule has 1 atom stereocenters. The molecule has 1 heterocycles. The number of aryl methyl sites for hydroxylation is 1. The van der Waals surface area contributed by atoms with E-state index in [1.807, 2.05) is 13.0 Å². The number of thiophene rings is 1. The average molecular weight is 288 g/mol. The number of halogens is 3. The lowest BCUT2D eigenvalue weighted by molar-refractivity contribution is 0.564. The minimum absolute atomic E-state index is 0.322. The minimum Gasteiger partial charge on any atom is -0.323 e. The zero-order valence-corrected chi connectivity index (χ0v) is 11.3. The first-order valence-electron chi connectivity index (χ1n) is 5.42. The van der Waals surface area contributed by atoms with E-state index in [4.69, 9.17) is 17.3 Å². The van der Waals surface area contributed by atoms with Crippen LogP contribution in [-0.4, -0.2) is 0 Å². The van der Waals surface area contributed by atoms with E-state index in [0.29, 0.717) is 16.3 Å². The third-order valence-corrected chi connectivity index (χ3v) is 4.38. The van der Waals surface area contributed by atoms with Crippen LogP contribution in [0.2, 0.25) is 4.34 Å². The molecule has 96 valence electrons. The van der Waals surface area contributed by atoms with Crippen LogP contribution < -0.4 is 5.73 Å². The van der Waals surface area contributed by atoms with Gasteiger partial charge in [0.1, 0.15) is 11.6 Å². The van der Waals surface area contributed by atoms with Crippen molar-refractivity contribution in [3.8, 4) is 0 Å². The first-order chi connectivity index (χ1) is 8.47. The monoisotopic (exact) mass is 287 g/mol. The van der Waals surface area contributed by atoms with Gasteiger partial charge in [0, 0.05) is 17.0 Å². The van der Waals surface area contributed by atoms with Crippen molar-refractivity contribution in [2.45, 2.75) is 19.4 Å². The highest BCUT2D eigenvalue weighted by atomic mass is 35.5. The van der Waals surface area contributed by atoms with E-state index < -0.39 is 11.6 Å². The fourth-order valence-electron chi connectivity index (χ4n) is 1.69. The molecule has 0 aliphatic carbocycles. The number of hydrogen-bond acceptors (Lipinski definition) is 2. The molecule has 0 saturated carbocycles. The molecule has 0 amide bonds. The molecular formula is C13H12ClF2NS. The summed E-state index contributed by atoms with van der Waals surface area (Å²) in [6.45, 7) is 1.90. The maximum Gasteiger partial charge on any atom is 0.129 e. The van der Waals surface area contributed by atoms with Crippen LogP contribution >= 0.6 is 22.9 Å². The van der Waals surface area contributed by atoms with Gasteiger partial charge in [0.2, 0.25) is 0 Å². The van der Waals surface area contributed by atoms with Gasteiger partial charge in [0.05, 0.1) is 4.34 Å². The zero-order chi connectivity index (χ0) is 13.3. The van der Waals surface area contributed by atoms with Crippen molar-refractivity contribution < 1.29 is 8.78 Å². The number of nitrogens with two attached hydrogens (primary N) is 1. The van der Waals surface area contributed by atoms with Crippen molar-refractivity contribution in [2.75, 3.05) is 0 Å². The summed E-state index contributed by atoms with van der Waals surface area (Å²) in [5, 5.41) is 0. The van der Waals surface area contributed by atoms with Crippen molar-refractivity contribution in [1.82, 2.24) is 0 Å². The molecule has 2 aromatic rings. The number of benzene rings is 1. The SMILES string of the molecule is Cc1cc(C(N)Cc2ccc(F)cc2F)sc1Cl. The maximum absolute atomic E-state index is 13.5. The van der Waals surface area contributed by atoms with Gasteiger partial charge in [-0.25, -0.2) is 8.78 Å². The van der Waals surface area contributed by atoms with Gasteiger partial charge < -0.3 is 5.73 Å². The van der Waals surface area contributed by atoms with E-state index in [2.05, 4.69) is 0 Å².